The van der Waals surface area contributed by atoms with E-state index in [0.717, 1.165) is 30.1 Å². The average molecular weight is 233 g/mol. The van der Waals surface area contributed by atoms with Crippen molar-refractivity contribution in [2.75, 3.05) is 13.7 Å². The second kappa shape index (κ2) is 2.09. The number of rotatable bonds is 0. The molecule has 8 aliphatic rings. The van der Waals surface area contributed by atoms with Crippen LogP contribution >= 0.6 is 0 Å². The van der Waals surface area contributed by atoms with E-state index in [1.54, 1.807) is 0 Å². The summed E-state index contributed by atoms with van der Waals surface area (Å²) >= 11 is 0. The minimum atomic E-state index is 0.633. The lowest BCUT2D eigenvalue weighted by molar-refractivity contribution is -1.12. The maximum Gasteiger partial charge on any atom is 0.134 e. The van der Waals surface area contributed by atoms with Crippen LogP contribution in [0, 0.1) is 11.3 Å². The molecule has 8 fully saturated rings. The predicted molar refractivity (Wildman–Crippen MR) is 61.8 cm³/mol. The third-order valence-electron chi connectivity index (χ3n) is 7.58. The largest absolute Gasteiger partial charge is 0.172 e. The number of hydrogen-bond donors (Lipinski definition) is 0. The minimum absolute atomic E-state index is 0.633. The third-order valence-corrected chi connectivity index (χ3v) is 7.58. The fourth-order valence-corrected chi connectivity index (χ4v) is 7.33. The van der Waals surface area contributed by atoms with Crippen molar-refractivity contribution in [1.82, 2.24) is 15.1 Å². The molecule has 8 rings (SSSR count). The molecule has 7 atom stereocenters. The van der Waals surface area contributed by atoms with Crippen molar-refractivity contribution in [3.8, 4) is 0 Å². The minimum Gasteiger partial charge on any atom is -0.172 e. The van der Waals surface area contributed by atoms with Crippen LogP contribution in [-0.2, 0) is 0 Å². The van der Waals surface area contributed by atoms with Crippen molar-refractivity contribution >= 4 is 0 Å². The Morgan fingerprint density at radius 1 is 1.12 bits per heavy atom. The Morgan fingerprint density at radius 2 is 1.94 bits per heavy atom. The van der Waals surface area contributed by atoms with Gasteiger partial charge in [0.15, 0.2) is 0 Å². The van der Waals surface area contributed by atoms with Gasteiger partial charge in [-0.2, -0.15) is 9.71 Å². The summed E-state index contributed by atoms with van der Waals surface area (Å²) in [7, 11) is 2.50. The maximum atomic E-state index is 2.82. The van der Waals surface area contributed by atoms with E-state index >= 15 is 0 Å². The second-order valence-corrected chi connectivity index (χ2v) is 7.53. The monoisotopic (exact) mass is 233 g/mol. The number of hydrazine groups is 1. The van der Waals surface area contributed by atoms with Crippen LogP contribution in [-0.4, -0.2) is 57.7 Å². The Balaban J connectivity index is 1.75. The molecule has 6 saturated heterocycles. The smallest absolute Gasteiger partial charge is 0.134 e. The molecule has 0 aromatic heterocycles. The highest BCUT2D eigenvalue weighted by atomic mass is 16.2. The van der Waals surface area contributed by atoms with Gasteiger partial charge in [-0.25, -0.2) is 0 Å². The van der Waals surface area contributed by atoms with Crippen molar-refractivity contribution in [1.29, 1.82) is 0 Å². The Hall–Kier alpha value is -0.160. The first-order chi connectivity index (χ1) is 8.18. The topological polar surface area (TPSA) is 9.72 Å². The van der Waals surface area contributed by atoms with Gasteiger partial charge in [-0.1, -0.05) is 12.0 Å². The van der Waals surface area contributed by atoms with Crippen LogP contribution in [0.25, 0.3) is 0 Å². The van der Waals surface area contributed by atoms with E-state index in [9.17, 15) is 0 Å². The molecule has 2 unspecified atom stereocenters. The standard InChI is InChI=1S/C13H21N4/c1-13-10-5-3-8-12(13)9-4-6-11(13)17(2)15(9)7-14(8)16(10)17/h8-12H,3-7H2,1-2H3/q+1/t8-,9+,10+,11?,12+,13-,17?/m1/s1. The van der Waals surface area contributed by atoms with E-state index < -0.39 is 0 Å². The first-order valence-corrected chi connectivity index (χ1v) is 7.38. The van der Waals surface area contributed by atoms with Gasteiger partial charge in [0.1, 0.15) is 19.8 Å². The zero-order chi connectivity index (χ0) is 11.2. The Morgan fingerprint density at radius 3 is 2.82 bits per heavy atom. The van der Waals surface area contributed by atoms with Crippen molar-refractivity contribution < 1.29 is 4.70 Å². The quantitative estimate of drug-likeness (QED) is 0.573. The third kappa shape index (κ3) is 0.556. The lowest BCUT2D eigenvalue weighted by Crippen LogP contribution is -2.78. The summed E-state index contributed by atoms with van der Waals surface area (Å²) in [6.07, 6.45) is 5.87. The second-order valence-electron chi connectivity index (χ2n) is 7.53. The van der Waals surface area contributed by atoms with E-state index in [1.165, 1.54) is 37.1 Å². The average Bonchev–Trinajstić information content (AvgIpc) is 2.73. The van der Waals surface area contributed by atoms with Crippen LogP contribution in [0.1, 0.15) is 32.6 Å². The highest BCUT2D eigenvalue weighted by Gasteiger charge is 2.87. The first-order valence-electron chi connectivity index (χ1n) is 7.38. The molecule has 0 amide bonds. The van der Waals surface area contributed by atoms with Crippen molar-refractivity contribution in [2.45, 2.75) is 56.8 Å². The zero-order valence-electron chi connectivity index (χ0n) is 10.7. The lowest BCUT2D eigenvalue weighted by Gasteiger charge is -2.64. The maximum absolute atomic E-state index is 2.82. The van der Waals surface area contributed by atoms with Gasteiger partial charge in [-0.05, 0) is 19.3 Å². The molecule has 0 radical (unpaired) electrons. The van der Waals surface area contributed by atoms with Gasteiger partial charge in [-0.3, -0.25) is 0 Å². The first kappa shape index (κ1) is 8.86. The van der Waals surface area contributed by atoms with Gasteiger partial charge in [0.05, 0.1) is 17.5 Å². The van der Waals surface area contributed by atoms with Crippen molar-refractivity contribution in [3.05, 3.63) is 0 Å². The van der Waals surface area contributed by atoms with E-state index in [2.05, 4.69) is 29.1 Å². The molecule has 0 N–H and O–H groups in total. The highest BCUT2D eigenvalue weighted by molar-refractivity contribution is 5.20. The fraction of sp³-hybridized carbons (Fsp3) is 1.00. The van der Waals surface area contributed by atoms with Gasteiger partial charge in [0.25, 0.3) is 0 Å². The van der Waals surface area contributed by atoms with Crippen LogP contribution < -0.4 is 0 Å². The van der Waals surface area contributed by atoms with Gasteiger partial charge in [-0.15, -0.1) is 5.01 Å². The summed E-state index contributed by atoms with van der Waals surface area (Å²) in [5, 5.41) is 8.37. The van der Waals surface area contributed by atoms with E-state index in [4.69, 9.17) is 0 Å². The number of quaternary nitrogens is 1. The molecule has 0 aromatic rings. The molecule has 2 aliphatic carbocycles. The zero-order valence-corrected chi connectivity index (χ0v) is 10.7. The van der Waals surface area contributed by atoms with Crippen molar-refractivity contribution in [2.24, 2.45) is 11.3 Å². The highest BCUT2D eigenvalue weighted by Crippen LogP contribution is 2.72. The summed E-state index contributed by atoms with van der Waals surface area (Å²) in [5.74, 6) is 0.985. The molecule has 6 heterocycles. The molecule has 7 bridgehead atoms. The summed E-state index contributed by atoms with van der Waals surface area (Å²) in [4.78, 5) is 0. The Bertz CT molecular complexity index is 437. The number of nitrogens with zero attached hydrogens (tertiary/aromatic N) is 4. The predicted octanol–water partition coefficient (Wildman–Crippen LogP) is 0.780. The molecule has 0 aromatic carbocycles. The van der Waals surface area contributed by atoms with Gasteiger partial charge in [0, 0.05) is 18.4 Å². The van der Waals surface area contributed by atoms with E-state index in [-0.39, 0.29) is 0 Å². The normalized spacial score (nSPS) is 71.3. The summed E-state index contributed by atoms with van der Waals surface area (Å²) in [6.45, 7) is 3.87. The summed E-state index contributed by atoms with van der Waals surface area (Å²) in [5.41, 5.74) is 0.633. The molecule has 17 heavy (non-hydrogen) atoms. The van der Waals surface area contributed by atoms with Crippen LogP contribution in [0.2, 0.25) is 0 Å². The summed E-state index contributed by atoms with van der Waals surface area (Å²) in [6, 6.07) is 3.52. The molecule has 0 spiro atoms. The molecule has 2 saturated carbocycles. The molecule has 6 aliphatic heterocycles. The molecule has 92 valence electrons. The Labute approximate surface area is 102 Å². The fourth-order valence-electron chi connectivity index (χ4n) is 7.33. The van der Waals surface area contributed by atoms with Gasteiger partial charge in [0.2, 0.25) is 0 Å². The van der Waals surface area contributed by atoms with E-state index in [0.29, 0.717) is 5.41 Å². The molecular weight excluding hydrogens is 212 g/mol. The van der Waals surface area contributed by atoms with Gasteiger partial charge < -0.3 is 0 Å². The summed E-state index contributed by atoms with van der Waals surface area (Å²) < 4.78 is 1.17. The van der Waals surface area contributed by atoms with Crippen LogP contribution in [0.3, 0.4) is 0 Å². The van der Waals surface area contributed by atoms with Crippen molar-refractivity contribution in [3.63, 3.8) is 0 Å². The molecular formula is C13H21N4+. The van der Waals surface area contributed by atoms with Gasteiger partial charge >= 0.3 is 0 Å². The van der Waals surface area contributed by atoms with Crippen LogP contribution in [0.4, 0.5) is 0 Å². The SMILES string of the molecule is C[C@@]12C3CC[C@H]4[C@@H]1[C@H]1CC[C@@H]2N2N1CN4[N+]32C. The lowest BCUT2D eigenvalue weighted by atomic mass is 9.51. The number of fused-ring (bicyclic) bond motifs is 2. The Kier molecular flexibility index (Phi) is 1.09. The molecule has 4 heteroatoms. The number of hydrogen-bond acceptors (Lipinski definition) is 3. The van der Waals surface area contributed by atoms with Crippen LogP contribution in [0.15, 0.2) is 0 Å². The van der Waals surface area contributed by atoms with Crippen LogP contribution in [0.5, 0.6) is 0 Å². The van der Waals surface area contributed by atoms with E-state index in [1.807, 2.05) is 0 Å². The molecule has 4 nitrogen and oxygen atoms in total.